The Bertz CT molecular complexity index is 822. The average molecular weight is 346 g/mol. The van der Waals surface area contributed by atoms with Gasteiger partial charge in [0.25, 0.3) is 5.69 Å². The lowest BCUT2D eigenvalue weighted by molar-refractivity contribution is -0.384. The molecule has 8 nitrogen and oxygen atoms in total. The van der Waals surface area contributed by atoms with Gasteiger partial charge in [-0.15, -0.1) is 0 Å². The third-order valence-electron chi connectivity index (χ3n) is 3.80. The third kappa shape index (κ3) is 3.68. The molecule has 0 saturated heterocycles. The van der Waals surface area contributed by atoms with Gasteiger partial charge in [0.2, 0.25) is 5.78 Å². The van der Waals surface area contributed by atoms with Crippen LogP contribution in [0, 0.1) is 24.0 Å². The number of ether oxygens (including phenoxy) is 2. The number of esters is 1. The van der Waals surface area contributed by atoms with E-state index in [1.807, 2.05) is 0 Å². The summed E-state index contributed by atoms with van der Waals surface area (Å²) in [6.45, 7) is 4.90. The number of nitrogens with one attached hydrogen (secondary N) is 1. The number of hydrogen-bond donors (Lipinski definition) is 1. The van der Waals surface area contributed by atoms with Gasteiger partial charge in [-0.05, 0) is 38.5 Å². The highest BCUT2D eigenvalue weighted by Crippen LogP contribution is 2.23. The van der Waals surface area contributed by atoms with Crippen molar-refractivity contribution in [3.8, 4) is 5.75 Å². The van der Waals surface area contributed by atoms with E-state index < -0.39 is 17.0 Å². The summed E-state index contributed by atoms with van der Waals surface area (Å²) in [5.74, 6) is -0.524. The van der Waals surface area contributed by atoms with E-state index in [0.29, 0.717) is 22.6 Å². The van der Waals surface area contributed by atoms with Crippen molar-refractivity contribution in [2.24, 2.45) is 0 Å². The summed E-state index contributed by atoms with van der Waals surface area (Å²) >= 11 is 0. The van der Waals surface area contributed by atoms with E-state index in [4.69, 9.17) is 9.47 Å². The Kier molecular flexibility index (Phi) is 5.21. The number of aromatic amines is 1. The Morgan fingerprint density at radius 2 is 1.80 bits per heavy atom. The van der Waals surface area contributed by atoms with Gasteiger partial charge in [-0.25, -0.2) is 4.79 Å². The summed E-state index contributed by atoms with van der Waals surface area (Å²) in [4.78, 5) is 37.4. The Hall–Kier alpha value is -3.16. The fourth-order valence-electron chi connectivity index (χ4n) is 2.51. The molecular formula is C17H18N2O6. The van der Waals surface area contributed by atoms with E-state index in [2.05, 4.69) is 4.98 Å². The van der Waals surface area contributed by atoms with Crippen LogP contribution in [0.3, 0.4) is 0 Å². The summed E-state index contributed by atoms with van der Waals surface area (Å²) in [6, 6.07) is 5.45. The third-order valence-corrected chi connectivity index (χ3v) is 3.80. The lowest BCUT2D eigenvalue weighted by Gasteiger charge is -2.13. The lowest BCUT2D eigenvalue weighted by Crippen LogP contribution is -2.25. The van der Waals surface area contributed by atoms with Gasteiger partial charge in [-0.3, -0.25) is 14.9 Å². The van der Waals surface area contributed by atoms with Crippen molar-refractivity contribution in [3.63, 3.8) is 0 Å². The number of nitro groups is 1. The number of ketones is 1. The SMILES string of the molecule is COC(=O)c1c(C)[nH]c(C(=O)[C@H](C)Oc2ccc([N+](=O)[O-])cc2)c1C. The molecule has 0 saturated carbocycles. The molecule has 1 heterocycles. The summed E-state index contributed by atoms with van der Waals surface area (Å²) in [7, 11) is 1.27. The molecule has 8 heteroatoms. The highest BCUT2D eigenvalue weighted by molar-refractivity contribution is 6.03. The fraction of sp³-hybridized carbons (Fsp3) is 0.294. The number of aryl methyl sites for hydroxylation is 1. The number of carbonyl (C=O) groups excluding carboxylic acids is 2. The second-order valence-electron chi connectivity index (χ2n) is 5.49. The zero-order chi connectivity index (χ0) is 18.7. The molecule has 0 radical (unpaired) electrons. The number of non-ortho nitro benzene ring substituents is 1. The molecule has 0 bridgehead atoms. The van der Waals surface area contributed by atoms with Crippen molar-refractivity contribution >= 4 is 17.4 Å². The molecule has 2 aromatic rings. The monoisotopic (exact) mass is 346 g/mol. The second kappa shape index (κ2) is 7.16. The number of rotatable bonds is 6. The Morgan fingerprint density at radius 1 is 1.20 bits per heavy atom. The molecule has 0 aliphatic carbocycles. The van der Waals surface area contributed by atoms with Crippen molar-refractivity contribution < 1.29 is 24.0 Å². The van der Waals surface area contributed by atoms with Crippen LogP contribution in [0.2, 0.25) is 0 Å². The minimum atomic E-state index is -0.844. The van der Waals surface area contributed by atoms with E-state index in [1.165, 1.54) is 31.4 Å². The van der Waals surface area contributed by atoms with Crippen LogP contribution in [0.1, 0.15) is 39.0 Å². The Labute approximate surface area is 143 Å². The number of nitro benzene ring substituents is 1. The van der Waals surface area contributed by atoms with Crippen LogP contribution >= 0.6 is 0 Å². The van der Waals surface area contributed by atoms with E-state index in [-0.39, 0.29) is 17.2 Å². The van der Waals surface area contributed by atoms with E-state index >= 15 is 0 Å². The molecule has 25 heavy (non-hydrogen) atoms. The first-order valence-electron chi connectivity index (χ1n) is 7.49. The van der Waals surface area contributed by atoms with Crippen molar-refractivity contribution in [2.45, 2.75) is 26.9 Å². The van der Waals surface area contributed by atoms with Gasteiger partial charge in [0.15, 0.2) is 6.10 Å². The highest BCUT2D eigenvalue weighted by Gasteiger charge is 2.26. The number of aromatic nitrogens is 1. The molecule has 0 amide bonds. The lowest BCUT2D eigenvalue weighted by atomic mass is 10.1. The maximum Gasteiger partial charge on any atom is 0.339 e. The molecule has 132 valence electrons. The predicted octanol–water partition coefficient (Wildman–Crippen LogP) is 2.98. The highest BCUT2D eigenvalue weighted by atomic mass is 16.6. The van der Waals surface area contributed by atoms with E-state index in [0.717, 1.165) is 0 Å². The van der Waals surface area contributed by atoms with Crippen LogP contribution in [-0.2, 0) is 4.74 Å². The number of Topliss-reactive ketones (excluding diaryl/α,β-unsaturated/α-hetero) is 1. The molecule has 1 atom stereocenters. The average Bonchev–Trinajstić information content (AvgIpc) is 2.88. The Balaban J connectivity index is 2.20. The molecule has 1 N–H and O–H groups in total. The van der Waals surface area contributed by atoms with Gasteiger partial charge < -0.3 is 14.5 Å². The molecule has 0 aliphatic rings. The normalized spacial score (nSPS) is 11.7. The predicted molar refractivity (Wildman–Crippen MR) is 89.1 cm³/mol. The number of benzene rings is 1. The van der Waals surface area contributed by atoms with Crippen LogP contribution in [-0.4, -0.2) is 34.9 Å². The molecule has 2 rings (SSSR count). The van der Waals surface area contributed by atoms with Crippen molar-refractivity contribution in [1.82, 2.24) is 4.98 Å². The molecular weight excluding hydrogens is 328 g/mol. The number of carbonyl (C=O) groups is 2. The first-order chi connectivity index (χ1) is 11.8. The molecule has 0 aliphatic heterocycles. The summed E-state index contributed by atoms with van der Waals surface area (Å²) in [5.41, 5.74) is 1.56. The molecule has 1 aromatic carbocycles. The van der Waals surface area contributed by atoms with Gasteiger partial charge >= 0.3 is 5.97 Å². The van der Waals surface area contributed by atoms with Crippen LogP contribution in [0.5, 0.6) is 5.75 Å². The zero-order valence-electron chi connectivity index (χ0n) is 14.3. The molecule has 0 fully saturated rings. The summed E-state index contributed by atoms with van der Waals surface area (Å²) in [6.07, 6.45) is -0.844. The first kappa shape index (κ1) is 18.2. The van der Waals surface area contributed by atoms with Crippen molar-refractivity contribution in [2.75, 3.05) is 7.11 Å². The van der Waals surface area contributed by atoms with Crippen LogP contribution in [0.25, 0.3) is 0 Å². The van der Waals surface area contributed by atoms with Gasteiger partial charge in [0, 0.05) is 17.8 Å². The zero-order valence-corrected chi connectivity index (χ0v) is 14.3. The maximum absolute atomic E-state index is 12.6. The summed E-state index contributed by atoms with van der Waals surface area (Å²) < 4.78 is 10.3. The first-order valence-corrected chi connectivity index (χ1v) is 7.49. The van der Waals surface area contributed by atoms with Crippen molar-refractivity contribution in [3.05, 3.63) is 56.9 Å². The maximum atomic E-state index is 12.6. The smallest absolute Gasteiger partial charge is 0.339 e. The molecule has 0 unspecified atom stereocenters. The minimum absolute atomic E-state index is 0.0649. The number of methoxy groups -OCH3 is 1. The number of hydrogen-bond acceptors (Lipinski definition) is 6. The molecule has 1 aromatic heterocycles. The van der Waals surface area contributed by atoms with Crippen LogP contribution in [0.4, 0.5) is 5.69 Å². The Morgan fingerprint density at radius 3 is 2.32 bits per heavy atom. The van der Waals surface area contributed by atoms with E-state index in [9.17, 15) is 19.7 Å². The van der Waals surface area contributed by atoms with Gasteiger partial charge in [0.1, 0.15) is 5.75 Å². The van der Waals surface area contributed by atoms with Gasteiger partial charge in [-0.1, -0.05) is 0 Å². The topological polar surface area (TPSA) is 112 Å². The van der Waals surface area contributed by atoms with Crippen molar-refractivity contribution in [1.29, 1.82) is 0 Å². The molecule has 0 spiro atoms. The number of H-pyrrole nitrogens is 1. The van der Waals surface area contributed by atoms with Crippen LogP contribution in [0.15, 0.2) is 24.3 Å². The van der Waals surface area contributed by atoms with Crippen LogP contribution < -0.4 is 4.74 Å². The summed E-state index contributed by atoms with van der Waals surface area (Å²) in [5, 5.41) is 10.6. The van der Waals surface area contributed by atoms with Gasteiger partial charge in [-0.2, -0.15) is 0 Å². The largest absolute Gasteiger partial charge is 0.483 e. The quantitative estimate of drug-likeness (QED) is 0.372. The van der Waals surface area contributed by atoms with Gasteiger partial charge in [0.05, 0.1) is 23.3 Å². The minimum Gasteiger partial charge on any atom is -0.483 e. The fourth-order valence-corrected chi connectivity index (χ4v) is 2.51. The van der Waals surface area contributed by atoms with E-state index in [1.54, 1.807) is 20.8 Å². The standard InChI is InChI=1S/C17H18N2O6/c1-9-14(17(21)24-4)10(2)18-15(9)16(20)11(3)25-13-7-5-12(6-8-13)19(22)23/h5-8,11,18H,1-4H3/t11-/m0/s1. The number of nitrogens with zero attached hydrogens (tertiary/aromatic N) is 1. The second-order valence-corrected chi connectivity index (χ2v) is 5.49.